The molecule has 4 heteroatoms. The smallest absolute Gasteiger partial charge is 0.255 e. The molecule has 0 saturated carbocycles. The number of para-hydroxylation sites is 1. The van der Waals surface area contributed by atoms with Crippen molar-refractivity contribution in [2.75, 3.05) is 18.9 Å². The van der Waals surface area contributed by atoms with Crippen molar-refractivity contribution in [2.24, 2.45) is 0 Å². The van der Waals surface area contributed by atoms with Crippen molar-refractivity contribution in [2.45, 2.75) is 46.0 Å². The van der Waals surface area contributed by atoms with Crippen LogP contribution in [0, 0.1) is 0 Å². The van der Waals surface area contributed by atoms with Crippen LogP contribution < -0.4 is 5.32 Å². The molecule has 0 saturated heterocycles. The predicted molar refractivity (Wildman–Crippen MR) is 111 cm³/mol. The van der Waals surface area contributed by atoms with Crippen molar-refractivity contribution >= 4 is 17.5 Å². The summed E-state index contributed by atoms with van der Waals surface area (Å²) in [6.07, 6.45) is 2.00. The topological polar surface area (TPSA) is 49.4 Å². The summed E-state index contributed by atoms with van der Waals surface area (Å²) in [6, 6.07) is 14.7. The minimum atomic E-state index is -0.211. The van der Waals surface area contributed by atoms with Gasteiger partial charge in [-0.2, -0.15) is 0 Å². The van der Waals surface area contributed by atoms with Gasteiger partial charge in [0.1, 0.15) is 0 Å². The maximum atomic E-state index is 12.8. The fourth-order valence-corrected chi connectivity index (χ4v) is 2.95. The standard InChI is InChI=1S/C23H30N2O2/c1-6-7-15-25(5)22(27)18-12-10-11-17(16-18)21(26)24-20-14-9-8-13-19(20)23(2,3)4/h8-14,16H,6-7,15H2,1-5H3,(H,24,26). The van der Waals surface area contributed by atoms with E-state index in [1.54, 1.807) is 36.2 Å². The summed E-state index contributed by atoms with van der Waals surface area (Å²) in [7, 11) is 1.80. The first-order valence-corrected chi connectivity index (χ1v) is 9.50. The fraction of sp³-hybridized carbons (Fsp3) is 0.391. The Morgan fingerprint density at radius 2 is 1.67 bits per heavy atom. The van der Waals surface area contributed by atoms with Gasteiger partial charge in [0.25, 0.3) is 11.8 Å². The first kappa shape index (κ1) is 20.7. The Bertz CT molecular complexity index is 806. The maximum absolute atomic E-state index is 12.8. The average molecular weight is 367 g/mol. The average Bonchev–Trinajstić information content (AvgIpc) is 2.65. The van der Waals surface area contributed by atoms with Crippen LogP contribution in [0.3, 0.4) is 0 Å². The molecule has 0 aliphatic carbocycles. The normalized spacial score (nSPS) is 11.1. The number of hydrogen-bond acceptors (Lipinski definition) is 2. The van der Waals surface area contributed by atoms with Gasteiger partial charge in [0.2, 0.25) is 0 Å². The van der Waals surface area contributed by atoms with E-state index in [1.807, 2.05) is 24.3 Å². The first-order valence-electron chi connectivity index (χ1n) is 9.50. The number of carbonyl (C=O) groups is 2. The largest absolute Gasteiger partial charge is 0.342 e. The number of anilines is 1. The number of rotatable bonds is 6. The summed E-state index contributed by atoms with van der Waals surface area (Å²) < 4.78 is 0. The highest BCUT2D eigenvalue weighted by molar-refractivity contribution is 6.06. The van der Waals surface area contributed by atoms with E-state index in [-0.39, 0.29) is 17.2 Å². The Hall–Kier alpha value is -2.62. The van der Waals surface area contributed by atoms with Crippen molar-refractivity contribution in [3.05, 3.63) is 65.2 Å². The van der Waals surface area contributed by atoms with Crippen LogP contribution in [0.1, 0.15) is 66.8 Å². The monoisotopic (exact) mass is 366 g/mol. The summed E-state index contributed by atoms with van der Waals surface area (Å²) in [5, 5.41) is 3.00. The number of nitrogens with zero attached hydrogens (tertiary/aromatic N) is 1. The molecule has 2 aromatic rings. The van der Waals surface area contributed by atoms with Gasteiger partial charge in [-0.15, -0.1) is 0 Å². The molecule has 0 aromatic heterocycles. The molecule has 0 spiro atoms. The molecule has 144 valence electrons. The Kier molecular flexibility index (Phi) is 6.78. The molecule has 0 bridgehead atoms. The predicted octanol–water partition coefficient (Wildman–Crippen LogP) is 5.11. The van der Waals surface area contributed by atoms with Gasteiger partial charge in [0.05, 0.1) is 0 Å². The lowest BCUT2D eigenvalue weighted by Crippen LogP contribution is -2.28. The number of unbranched alkanes of at least 4 members (excludes halogenated alkanes) is 1. The van der Waals surface area contributed by atoms with Gasteiger partial charge in [-0.25, -0.2) is 0 Å². The highest BCUT2D eigenvalue weighted by Gasteiger charge is 2.19. The van der Waals surface area contributed by atoms with Gasteiger partial charge in [0, 0.05) is 30.4 Å². The Balaban J connectivity index is 2.20. The Morgan fingerprint density at radius 1 is 1.00 bits per heavy atom. The van der Waals surface area contributed by atoms with Crippen LogP contribution in [0.15, 0.2) is 48.5 Å². The summed E-state index contributed by atoms with van der Waals surface area (Å²) >= 11 is 0. The van der Waals surface area contributed by atoms with E-state index < -0.39 is 0 Å². The summed E-state index contributed by atoms with van der Waals surface area (Å²) in [5.74, 6) is -0.272. The number of nitrogens with one attached hydrogen (secondary N) is 1. The lowest BCUT2D eigenvalue weighted by molar-refractivity contribution is 0.0793. The van der Waals surface area contributed by atoms with E-state index in [2.05, 4.69) is 33.0 Å². The van der Waals surface area contributed by atoms with E-state index in [1.165, 1.54) is 0 Å². The minimum absolute atomic E-state index is 0.0619. The quantitative estimate of drug-likeness (QED) is 0.772. The summed E-state index contributed by atoms with van der Waals surface area (Å²) in [4.78, 5) is 27.0. The minimum Gasteiger partial charge on any atom is -0.342 e. The van der Waals surface area contributed by atoms with Crippen molar-refractivity contribution in [3.63, 3.8) is 0 Å². The lowest BCUT2D eigenvalue weighted by Gasteiger charge is -2.23. The van der Waals surface area contributed by atoms with E-state index in [0.29, 0.717) is 17.7 Å². The molecule has 4 nitrogen and oxygen atoms in total. The molecule has 2 rings (SSSR count). The van der Waals surface area contributed by atoms with Gasteiger partial charge >= 0.3 is 0 Å². The number of carbonyl (C=O) groups excluding carboxylic acids is 2. The van der Waals surface area contributed by atoms with Crippen LogP contribution in [0.25, 0.3) is 0 Å². The van der Waals surface area contributed by atoms with Crippen LogP contribution >= 0.6 is 0 Å². The van der Waals surface area contributed by atoms with Crippen LogP contribution in [-0.2, 0) is 5.41 Å². The molecular weight excluding hydrogens is 336 g/mol. The van der Waals surface area contributed by atoms with Gasteiger partial charge in [-0.1, -0.05) is 58.4 Å². The van der Waals surface area contributed by atoms with Gasteiger partial charge in [0.15, 0.2) is 0 Å². The van der Waals surface area contributed by atoms with Crippen molar-refractivity contribution in [1.82, 2.24) is 4.90 Å². The zero-order valence-corrected chi connectivity index (χ0v) is 17.0. The van der Waals surface area contributed by atoms with E-state index in [0.717, 1.165) is 24.1 Å². The highest BCUT2D eigenvalue weighted by Crippen LogP contribution is 2.29. The Labute approximate surface area is 162 Å². The third kappa shape index (κ3) is 5.43. The molecule has 0 unspecified atom stereocenters. The molecule has 2 amide bonds. The molecule has 0 aliphatic rings. The summed E-state index contributed by atoms with van der Waals surface area (Å²) in [6.45, 7) is 9.15. The van der Waals surface area contributed by atoms with Crippen molar-refractivity contribution in [1.29, 1.82) is 0 Å². The fourth-order valence-electron chi connectivity index (χ4n) is 2.95. The molecule has 0 heterocycles. The SMILES string of the molecule is CCCCN(C)C(=O)c1cccc(C(=O)Nc2ccccc2C(C)(C)C)c1. The van der Waals surface area contributed by atoms with Crippen LogP contribution in [-0.4, -0.2) is 30.3 Å². The van der Waals surface area contributed by atoms with Crippen molar-refractivity contribution in [3.8, 4) is 0 Å². The van der Waals surface area contributed by atoms with E-state index >= 15 is 0 Å². The van der Waals surface area contributed by atoms with Gasteiger partial charge < -0.3 is 10.2 Å². The zero-order chi connectivity index (χ0) is 20.0. The second kappa shape index (κ2) is 8.85. The maximum Gasteiger partial charge on any atom is 0.255 e. The molecule has 0 radical (unpaired) electrons. The van der Waals surface area contributed by atoms with E-state index in [4.69, 9.17) is 0 Å². The zero-order valence-electron chi connectivity index (χ0n) is 17.0. The van der Waals surface area contributed by atoms with Gasteiger partial charge in [-0.05, 0) is 41.7 Å². The molecule has 0 aliphatic heterocycles. The molecule has 0 fully saturated rings. The molecule has 27 heavy (non-hydrogen) atoms. The second-order valence-corrected chi connectivity index (χ2v) is 7.91. The van der Waals surface area contributed by atoms with E-state index in [9.17, 15) is 9.59 Å². The molecule has 1 N–H and O–H groups in total. The summed E-state index contributed by atoms with van der Waals surface area (Å²) in [5.41, 5.74) is 2.81. The van der Waals surface area contributed by atoms with Crippen LogP contribution in [0.5, 0.6) is 0 Å². The third-order valence-electron chi connectivity index (χ3n) is 4.55. The lowest BCUT2D eigenvalue weighted by atomic mass is 9.86. The molecule has 2 aromatic carbocycles. The molecular formula is C23H30N2O2. The highest BCUT2D eigenvalue weighted by atomic mass is 16.2. The van der Waals surface area contributed by atoms with Gasteiger partial charge in [-0.3, -0.25) is 9.59 Å². The van der Waals surface area contributed by atoms with Crippen LogP contribution in [0.2, 0.25) is 0 Å². The van der Waals surface area contributed by atoms with Crippen molar-refractivity contribution < 1.29 is 9.59 Å². The number of hydrogen-bond donors (Lipinski definition) is 1. The molecule has 0 atom stereocenters. The second-order valence-electron chi connectivity index (χ2n) is 7.91. The Morgan fingerprint density at radius 3 is 2.33 bits per heavy atom. The number of benzene rings is 2. The number of amides is 2. The van der Waals surface area contributed by atoms with Crippen LogP contribution in [0.4, 0.5) is 5.69 Å². The third-order valence-corrected chi connectivity index (χ3v) is 4.55. The first-order chi connectivity index (χ1) is 12.7.